The molecule has 2 aromatic carbocycles. The molecule has 0 radical (unpaired) electrons. The van der Waals surface area contributed by atoms with Gasteiger partial charge in [0.25, 0.3) is 5.91 Å². The molecule has 1 amide bonds. The number of ether oxygens (including phenoxy) is 1. The molecule has 1 aliphatic heterocycles. The SMILES string of the molecule is Cc1ccc(C(=O)NC(=NCC2CCCO2)Nc2ccc(Br)cc2)cc1C. The summed E-state index contributed by atoms with van der Waals surface area (Å²) >= 11 is 3.43. The molecule has 0 bridgehead atoms. The topological polar surface area (TPSA) is 62.7 Å². The summed E-state index contributed by atoms with van der Waals surface area (Å²) in [6.07, 6.45) is 2.18. The molecule has 1 heterocycles. The van der Waals surface area contributed by atoms with Gasteiger partial charge in [0.15, 0.2) is 0 Å². The van der Waals surface area contributed by atoms with Gasteiger partial charge in [0.05, 0.1) is 12.6 Å². The highest BCUT2D eigenvalue weighted by Gasteiger charge is 2.16. The van der Waals surface area contributed by atoms with E-state index in [2.05, 4.69) is 31.6 Å². The molecular weight excluding hydrogens is 406 g/mol. The second kappa shape index (κ2) is 9.15. The van der Waals surface area contributed by atoms with Crippen molar-refractivity contribution in [2.45, 2.75) is 32.8 Å². The number of amides is 1. The molecule has 3 rings (SSSR count). The van der Waals surface area contributed by atoms with Gasteiger partial charge in [-0.1, -0.05) is 22.0 Å². The molecule has 142 valence electrons. The van der Waals surface area contributed by atoms with Crippen LogP contribution in [0.5, 0.6) is 0 Å². The number of nitrogens with zero attached hydrogens (tertiary/aromatic N) is 1. The lowest BCUT2D eigenvalue weighted by molar-refractivity contribution is 0.0975. The lowest BCUT2D eigenvalue weighted by atomic mass is 10.1. The van der Waals surface area contributed by atoms with Gasteiger partial charge in [0, 0.05) is 22.3 Å². The van der Waals surface area contributed by atoms with Crippen LogP contribution in [0.3, 0.4) is 0 Å². The average Bonchev–Trinajstić information content (AvgIpc) is 3.17. The normalized spacial score (nSPS) is 17.0. The summed E-state index contributed by atoms with van der Waals surface area (Å²) < 4.78 is 6.62. The maximum absolute atomic E-state index is 12.7. The Morgan fingerprint density at radius 3 is 2.63 bits per heavy atom. The molecule has 1 atom stereocenters. The molecule has 1 fully saturated rings. The average molecular weight is 430 g/mol. The molecular formula is C21H24BrN3O2. The Labute approximate surface area is 168 Å². The lowest BCUT2D eigenvalue weighted by Crippen LogP contribution is -2.36. The van der Waals surface area contributed by atoms with E-state index >= 15 is 0 Å². The standard InChI is InChI=1S/C21H24BrN3O2/c1-14-5-6-16(12-15(14)2)20(26)25-21(23-13-19-4-3-11-27-19)24-18-9-7-17(22)8-10-18/h5-10,12,19H,3-4,11,13H2,1-2H3,(H2,23,24,25,26). The van der Waals surface area contributed by atoms with Crippen molar-refractivity contribution in [3.05, 3.63) is 63.6 Å². The van der Waals surface area contributed by atoms with Crippen molar-refractivity contribution >= 4 is 33.5 Å². The molecule has 2 N–H and O–H groups in total. The highest BCUT2D eigenvalue weighted by atomic mass is 79.9. The van der Waals surface area contributed by atoms with Crippen LogP contribution >= 0.6 is 15.9 Å². The first kappa shape index (κ1) is 19.6. The largest absolute Gasteiger partial charge is 0.376 e. The summed E-state index contributed by atoms with van der Waals surface area (Å²) in [6.45, 7) is 5.33. The Bertz CT molecular complexity index is 828. The number of benzene rings is 2. The number of halogens is 1. The molecule has 2 aromatic rings. The molecule has 0 aliphatic carbocycles. The third-order valence-corrected chi connectivity index (χ3v) is 5.11. The van der Waals surface area contributed by atoms with Crippen molar-refractivity contribution in [1.29, 1.82) is 0 Å². The Kier molecular flexibility index (Phi) is 6.63. The molecule has 1 aliphatic rings. The minimum Gasteiger partial charge on any atom is -0.376 e. The highest BCUT2D eigenvalue weighted by molar-refractivity contribution is 9.10. The second-order valence-corrected chi connectivity index (χ2v) is 7.63. The fraction of sp³-hybridized carbons (Fsp3) is 0.333. The van der Waals surface area contributed by atoms with Crippen molar-refractivity contribution in [1.82, 2.24) is 5.32 Å². The quantitative estimate of drug-likeness (QED) is 0.557. The minimum atomic E-state index is -0.186. The first-order valence-electron chi connectivity index (χ1n) is 9.08. The van der Waals surface area contributed by atoms with E-state index in [1.165, 1.54) is 0 Å². The van der Waals surface area contributed by atoms with Crippen LogP contribution in [0.4, 0.5) is 5.69 Å². The van der Waals surface area contributed by atoms with E-state index < -0.39 is 0 Å². The number of carbonyl (C=O) groups is 1. The monoisotopic (exact) mass is 429 g/mol. The number of guanidine groups is 1. The van der Waals surface area contributed by atoms with Crippen LogP contribution < -0.4 is 10.6 Å². The predicted molar refractivity (Wildman–Crippen MR) is 112 cm³/mol. The maximum Gasteiger partial charge on any atom is 0.257 e. The van der Waals surface area contributed by atoms with E-state index in [0.29, 0.717) is 18.1 Å². The number of carbonyl (C=O) groups excluding carboxylic acids is 1. The summed E-state index contributed by atoms with van der Waals surface area (Å²) in [5, 5.41) is 6.10. The van der Waals surface area contributed by atoms with E-state index in [-0.39, 0.29) is 12.0 Å². The molecule has 0 spiro atoms. The highest BCUT2D eigenvalue weighted by Crippen LogP contribution is 2.15. The van der Waals surface area contributed by atoms with Crippen LogP contribution in [0.2, 0.25) is 0 Å². The van der Waals surface area contributed by atoms with Gasteiger partial charge in [0.2, 0.25) is 5.96 Å². The summed E-state index contributed by atoms with van der Waals surface area (Å²) in [5.41, 5.74) is 3.71. The molecule has 0 saturated carbocycles. The van der Waals surface area contributed by atoms with Gasteiger partial charge in [-0.05, 0) is 74.2 Å². The first-order valence-corrected chi connectivity index (χ1v) is 9.88. The van der Waals surface area contributed by atoms with E-state index in [0.717, 1.165) is 40.7 Å². The molecule has 0 aromatic heterocycles. The summed E-state index contributed by atoms with van der Waals surface area (Å²) in [5.74, 6) is 0.241. The summed E-state index contributed by atoms with van der Waals surface area (Å²) in [7, 11) is 0. The second-order valence-electron chi connectivity index (χ2n) is 6.71. The van der Waals surface area contributed by atoms with Gasteiger partial charge in [-0.3, -0.25) is 10.1 Å². The van der Waals surface area contributed by atoms with Crippen molar-refractivity contribution in [3.63, 3.8) is 0 Å². The van der Waals surface area contributed by atoms with Crippen LogP contribution in [0.1, 0.15) is 34.3 Å². The zero-order valence-electron chi connectivity index (χ0n) is 15.6. The van der Waals surface area contributed by atoms with E-state index in [4.69, 9.17) is 4.74 Å². The van der Waals surface area contributed by atoms with Crippen LogP contribution in [0.25, 0.3) is 0 Å². The Hall–Kier alpha value is -2.18. The Balaban J connectivity index is 1.75. The zero-order chi connectivity index (χ0) is 19.2. The van der Waals surface area contributed by atoms with Gasteiger partial charge in [-0.2, -0.15) is 0 Å². The lowest BCUT2D eigenvalue weighted by Gasteiger charge is -2.14. The molecule has 1 saturated heterocycles. The molecule has 5 nitrogen and oxygen atoms in total. The van der Waals surface area contributed by atoms with Gasteiger partial charge >= 0.3 is 0 Å². The smallest absolute Gasteiger partial charge is 0.257 e. The van der Waals surface area contributed by atoms with Gasteiger partial charge in [0.1, 0.15) is 0 Å². The number of aryl methyl sites for hydroxylation is 2. The predicted octanol–water partition coefficient (Wildman–Crippen LogP) is 4.44. The molecule has 1 unspecified atom stereocenters. The van der Waals surface area contributed by atoms with Gasteiger partial charge in [-0.25, -0.2) is 4.99 Å². The minimum absolute atomic E-state index is 0.116. The third-order valence-electron chi connectivity index (χ3n) is 4.59. The fourth-order valence-electron chi connectivity index (χ4n) is 2.82. The maximum atomic E-state index is 12.7. The molecule has 27 heavy (non-hydrogen) atoms. The zero-order valence-corrected chi connectivity index (χ0v) is 17.2. The fourth-order valence-corrected chi connectivity index (χ4v) is 3.09. The number of nitrogens with one attached hydrogen (secondary N) is 2. The van der Waals surface area contributed by atoms with Crippen LogP contribution in [0.15, 0.2) is 51.9 Å². The Morgan fingerprint density at radius 1 is 1.19 bits per heavy atom. The number of aliphatic imine (C=N–C) groups is 1. The van der Waals surface area contributed by atoms with Crippen molar-refractivity contribution in [2.24, 2.45) is 4.99 Å². The van der Waals surface area contributed by atoms with Crippen LogP contribution in [-0.4, -0.2) is 31.1 Å². The van der Waals surface area contributed by atoms with E-state index in [1.54, 1.807) is 0 Å². The van der Waals surface area contributed by atoms with Gasteiger partial charge < -0.3 is 10.1 Å². The van der Waals surface area contributed by atoms with Crippen LogP contribution in [-0.2, 0) is 4.74 Å². The first-order chi connectivity index (χ1) is 13.0. The number of hydrogen-bond donors (Lipinski definition) is 2. The molecule has 6 heteroatoms. The third kappa shape index (κ3) is 5.65. The van der Waals surface area contributed by atoms with Crippen molar-refractivity contribution in [2.75, 3.05) is 18.5 Å². The van der Waals surface area contributed by atoms with Crippen molar-refractivity contribution < 1.29 is 9.53 Å². The number of rotatable bonds is 4. The van der Waals surface area contributed by atoms with Crippen LogP contribution in [0, 0.1) is 13.8 Å². The Morgan fingerprint density at radius 2 is 1.96 bits per heavy atom. The van der Waals surface area contributed by atoms with Gasteiger partial charge in [-0.15, -0.1) is 0 Å². The number of hydrogen-bond acceptors (Lipinski definition) is 3. The van der Waals surface area contributed by atoms with E-state index in [9.17, 15) is 4.79 Å². The van der Waals surface area contributed by atoms with E-state index in [1.807, 2.05) is 56.3 Å². The summed E-state index contributed by atoms with van der Waals surface area (Å²) in [6, 6.07) is 13.4. The van der Waals surface area contributed by atoms with Crippen molar-refractivity contribution in [3.8, 4) is 0 Å². The number of anilines is 1. The summed E-state index contributed by atoms with van der Waals surface area (Å²) in [4.78, 5) is 17.3.